The highest BCUT2D eigenvalue weighted by atomic mass is 19.3. The molecular formula is C11H12F2N4O2. The molecule has 1 rings (SSSR count). The maximum atomic E-state index is 12.2. The smallest absolute Gasteiger partial charge is 0.387 e. The minimum atomic E-state index is -2.99. The molecule has 0 radical (unpaired) electrons. The molecule has 0 unspecified atom stereocenters. The van der Waals surface area contributed by atoms with Gasteiger partial charge in [-0.1, -0.05) is 17.2 Å². The molecule has 0 saturated heterocycles. The van der Waals surface area contributed by atoms with Crippen molar-refractivity contribution in [3.8, 4) is 5.75 Å². The van der Waals surface area contributed by atoms with Gasteiger partial charge < -0.3 is 10.1 Å². The third-order valence-electron chi connectivity index (χ3n) is 2.13. The van der Waals surface area contributed by atoms with Gasteiger partial charge in [0.15, 0.2) is 0 Å². The fraction of sp³-hybridized carbons (Fsp3) is 0.364. The molecule has 1 aromatic rings. The number of para-hydroxylation sites is 1. The molecule has 1 aromatic carbocycles. The summed E-state index contributed by atoms with van der Waals surface area (Å²) in [7, 11) is 0. The van der Waals surface area contributed by atoms with Crippen LogP contribution in [0, 0.1) is 0 Å². The predicted molar refractivity (Wildman–Crippen MR) is 64.0 cm³/mol. The first-order chi connectivity index (χ1) is 9.15. The van der Waals surface area contributed by atoms with Crippen molar-refractivity contribution in [1.29, 1.82) is 0 Å². The third-order valence-corrected chi connectivity index (χ3v) is 2.13. The van der Waals surface area contributed by atoms with Gasteiger partial charge in [-0.25, -0.2) is 0 Å². The lowest BCUT2D eigenvalue weighted by Crippen LogP contribution is -2.25. The van der Waals surface area contributed by atoms with Crippen molar-refractivity contribution in [3.63, 3.8) is 0 Å². The first-order valence-electron chi connectivity index (χ1n) is 5.48. The molecule has 0 spiro atoms. The number of benzene rings is 1. The van der Waals surface area contributed by atoms with Gasteiger partial charge in [0, 0.05) is 18.0 Å². The van der Waals surface area contributed by atoms with E-state index in [2.05, 4.69) is 20.1 Å². The second-order valence-electron chi connectivity index (χ2n) is 3.44. The van der Waals surface area contributed by atoms with Crippen molar-refractivity contribution in [1.82, 2.24) is 5.32 Å². The molecule has 0 aliphatic rings. The van der Waals surface area contributed by atoms with E-state index >= 15 is 0 Å². The van der Waals surface area contributed by atoms with Gasteiger partial charge in [0.25, 0.3) is 5.91 Å². The summed E-state index contributed by atoms with van der Waals surface area (Å²) >= 11 is 0. The van der Waals surface area contributed by atoms with Crippen LogP contribution in [0.5, 0.6) is 5.75 Å². The largest absolute Gasteiger partial charge is 0.434 e. The number of nitrogens with one attached hydrogen (secondary N) is 1. The van der Waals surface area contributed by atoms with Crippen LogP contribution in [0.1, 0.15) is 16.8 Å². The number of hydrogen-bond acceptors (Lipinski definition) is 3. The number of amides is 1. The second-order valence-corrected chi connectivity index (χ2v) is 3.44. The van der Waals surface area contributed by atoms with Gasteiger partial charge in [-0.3, -0.25) is 4.79 Å². The van der Waals surface area contributed by atoms with E-state index in [9.17, 15) is 13.6 Å². The fourth-order valence-corrected chi connectivity index (χ4v) is 1.34. The second kappa shape index (κ2) is 7.88. The van der Waals surface area contributed by atoms with Crippen LogP contribution < -0.4 is 10.1 Å². The minimum absolute atomic E-state index is 0.0339. The van der Waals surface area contributed by atoms with Crippen LogP contribution in [0.3, 0.4) is 0 Å². The molecule has 0 aliphatic heterocycles. The molecule has 19 heavy (non-hydrogen) atoms. The monoisotopic (exact) mass is 270 g/mol. The average molecular weight is 270 g/mol. The van der Waals surface area contributed by atoms with Gasteiger partial charge in [0.2, 0.25) is 0 Å². The van der Waals surface area contributed by atoms with E-state index in [1.807, 2.05) is 0 Å². The Morgan fingerprint density at radius 3 is 2.89 bits per heavy atom. The van der Waals surface area contributed by atoms with Crippen molar-refractivity contribution in [2.75, 3.05) is 13.1 Å². The zero-order valence-electron chi connectivity index (χ0n) is 9.92. The average Bonchev–Trinajstić information content (AvgIpc) is 2.38. The summed E-state index contributed by atoms with van der Waals surface area (Å²) in [4.78, 5) is 14.3. The number of alkyl halides is 2. The number of azide groups is 1. The number of hydrogen-bond donors (Lipinski definition) is 1. The number of halogens is 2. The molecular weight excluding hydrogens is 258 g/mol. The molecule has 0 aromatic heterocycles. The summed E-state index contributed by atoms with van der Waals surface area (Å²) in [6.07, 6.45) is 0.466. The van der Waals surface area contributed by atoms with Crippen molar-refractivity contribution in [2.24, 2.45) is 5.11 Å². The molecule has 1 amide bonds. The van der Waals surface area contributed by atoms with E-state index in [1.165, 1.54) is 18.2 Å². The maximum absolute atomic E-state index is 12.2. The summed E-state index contributed by atoms with van der Waals surface area (Å²) < 4.78 is 28.6. The van der Waals surface area contributed by atoms with Gasteiger partial charge in [0.1, 0.15) is 5.75 Å². The van der Waals surface area contributed by atoms with Crippen LogP contribution >= 0.6 is 0 Å². The van der Waals surface area contributed by atoms with Crippen molar-refractivity contribution in [2.45, 2.75) is 13.0 Å². The summed E-state index contributed by atoms with van der Waals surface area (Å²) in [5.41, 5.74) is 8.09. The summed E-state index contributed by atoms with van der Waals surface area (Å²) in [5, 5.41) is 5.83. The molecule has 0 fully saturated rings. The highest BCUT2D eigenvalue weighted by molar-refractivity contribution is 5.96. The fourth-order valence-electron chi connectivity index (χ4n) is 1.34. The number of ether oxygens (including phenoxy) is 1. The molecule has 0 heterocycles. The molecule has 102 valence electrons. The standard InChI is InChI=1S/C11H12F2N4O2/c12-11(13)19-9-5-2-1-4-8(9)10(18)15-6-3-7-16-17-14/h1-2,4-5,11H,3,6-7H2,(H,15,18). The number of carbonyl (C=O) groups is 1. The van der Waals surface area contributed by atoms with E-state index in [0.29, 0.717) is 6.42 Å². The van der Waals surface area contributed by atoms with E-state index < -0.39 is 12.5 Å². The molecule has 1 N–H and O–H groups in total. The van der Waals surface area contributed by atoms with Gasteiger partial charge in [-0.05, 0) is 24.1 Å². The lowest BCUT2D eigenvalue weighted by atomic mass is 10.2. The first-order valence-corrected chi connectivity index (χ1v) is 5.48. The molecule has 0 bridgehead atoms. The minimum Gasteiger partial charge on any atom is -0.434 e. The van der Waals surface area contributed by atoms with Gasteiger partial charge in [-0.2, -0.15) is 8.78 Å². The zero-order valence-corrected chi connectivity index (χ0v) is 9.92. The SMILES string of the molecule is [N-]=[N+]=NCCCNC(=O)c1ccccc1OC(F)F. The predicted octanol–water partition coefficient (Wildman–Crippen LogP) is 2.72. The molecule has 6 nitrogen and oxygen atoms in total. The van der Waals surface area contributed by atoms with Crippen molar-refractivity contribution in [3.05, 3.63) is 40.3 Å². The quantitative estimate of drug-likeness (QED) is 0.357. The van der Waals surface area contributed by atoms with Crippen LogP contribution in [-0.4, -0.2) is 25.6 Å². The summed E-state index contributed by atoms with van der Waals surface area (Å²) in [6.45, 7) is -2.45. The zero-order chi connectivity index (χ0) is 14.1. The Morgan fingerprint density at radius 2 is 2.21 bits per heavy atom. The summed E-state index contributed by atoms with van der Waals surface area (Å²) in [5.74, 6) is -0.692. The number of rotatable bonds is 7. The van der Waals surface area contributed by atoms with Crippen LogP contribution in [0.15, 0.2) is 29.4 Å². The third kappa shape index (κ3) is 5.22. The summed E-state index contributed by atoms with van der Waals surface area (Å²) in [6, 6.07) is 5.73. The maximum Gasteiger partial charge on any atom is 0.387 e. The first kappa shape index (κ1) is 14.7. The Kier molecular flexibility index (Phi) is 6.11. The van der Waals surface area contributed by atoms with E-state index in [1.54, 1.807) is 6.07 Å². The van der Waals surface area contributed by atoms with Crippen LogP contribution in [0.2, 0.25) is 0 Å². The molecule has 8 heteroatoms. The molecule has 0 saturated carbocycles. The Bertz CT molecular complexity index is 476. The molecule has 0 aliphatic carbocycles. The lowest BCUT2D eigenvalue weighted by molar-refractivity contribution is -0.0501. The highest BCUT2D eigenvalue weighted by Gasteiger charge is 2.14. The Morgan fingerprint density at radius 1 is 1.47 bits per heavy atom. The van der Waals surface area contributed by atoms with Crippen molar-refractivity contribution >= 4 is 5.91 Å². The lowest BCUT2D eigenvalue weighted by Gasteiger charge is -2.10. The Hall–Kier alpha value is -2.34. The highest BCUT2D eigenvalue weighted by Crippen LogP contribution is 2.19. The van der Waals surface area contributed by atoms with Crippen molar-refractivity contribution < 1.29 is 18.3 Å². The van der Waals surface area contributed by atoms with E-state index in [4.69, 9.17) is 5.53 Å². The van der Waals surface area contributed by atoms with Gasteiger partial charge in [-0.15, -0.1) is 0 Å². The van der Waals surface area contributed by atoms with Crippen LogP contribution in [0.4, 0.5) is 8.78 Å². The van der Waals surface area contributed by atoms with E-state index in [-0.39, 0.29) is 24.4 Å². The molecule has 0 atom stereocenters. The normalized spacial score (nSPS) is 9.84. The van der Waals surface area contributed by atoms with E-state index in [0.717, 1.165) is 0 Å². The number of nitrogens with zero attached hydrogens (tertiary/aromatic N) is 3. The topological polar surface area (TPSA) is 87.1 Å². The Balaban J connectivity index is 2.58. The van der Waals surface area contributed by atoms with Gasteiger partial charge in [0.05, 0.1) is 5.56 Å². The van der Waals surface area contributed by atoms with Crippen LogP contribution in [0.25, 0.3) is 10.4 Å². The Labute approximate surface area is 108 Å². The number of carbonyl (C=O) groups excluding carboxylic acids is 1. The van der Waals surface area contributed by atoms with Crippen LogP contribution in [-0.2, 0) is 0 Å². The van der Waals surface area contributed by atoms with Gasteiger partial charge >= 0.3 is 6.61 Å².